The van der Waals surface area contributed by atoms with Crippen molar-refractivity contribution in [3.8, 4) is 0 Å². The fourth-order valence-corrected chi connectivity index (χ4v) is 1.63. The molecule has 0 aliphatic carbocycles. The third-order valence-corrected chi connectivity index (χ3v) is 2.59. The number of hydrogen-bond donors (Lipinski definition) is 1. The summed E-state index contributed by atoms with van der Waals surface area (Å²) >= 11 is 0. The van der Waals surface area contributed by atoms with Gasteiger partial charge in [0.05, 0.1) is 13.5 Å². The van der Waals surface area contributed by atoms with E-state index in [-0.39, 0.29) is 24.3 Å². The van der Waals surface area contributed by atoms with Gasteiger partial charge in [-0.2, -0.15) is 0 Å². The van der Waals surface area contributed by atoms with Crippen LogP contribution in [0.15, 0.2) is 30.3 Å². The van der Waals surface area contributed by atoms with Crippen LogP contribution >= 0.6 is 0 Å². The van der Waals surface area contributed by atoms with E-state index in [0.717, 1.165) is 5.56 Å². The van der Waals surface area contributed by atoms with E-state index in [1.807, 2.05) is 30.3 Å². The molecule has 0 spiro atoms. The van der Waals surface area contributed by atoms with Crippen molar-refractivity contribution in [3.05, 3.63) is 35.9 Å². The van der Waals surface area contributed by atoms with Gasteiger partial charge in [0, 0.05) is 12.5 Å². The molecule has 1 N–H and O–H groups in total. The van der Waals surface area contributed by atoms with Gasteiger partial charge in [-0.1, -0.05) is 30.3 Å². The molecule has 1 aromatic carbocycles. The number of benzene rings is 1. The minimum atomic E-state index is -0.314. The molecule has 1 amide bonds. The van der Waals surface area contributed by atoms with Gasteiger partial charge < -0.3 is 10.1 Å². The van der Waals surface area contributed by atoms with Crippen molar-refractivity contribution in [1.82, 2.24) is 5.32 Å². The topological polar surface area (TPSA) is 55.4 Å². The number of methoxy groups -OCH3 is 1. The van der Waals surface area contributed by atoms with E-state index < -0.39 is 0 Å². The van der Waals surface area contributed by atoms with Gasteiger partial charge in [0.2, 0.25) is 5.91 Å². The van der Waals surface area contributed by atoms with Gasteiger partial charge in [-0.15, -0.1) is 0 Å². The summed E-state index contributed by atoms with van der Waals surface area (Å²) < 4.78 is 4.54. The molecule has 4 heteroatoms. The van der Waals surface area contributed by atoms with Crippen LogP contribution in [-0.2, 0) is 20.7 Å². The SMILES string of the molecule is COC(=O)CC(C)NC(=O)CCc1ccccc1. The van der Waals surface area contributed by atoms with Gasteiger partial charge in [-0.3, -0.25) is 9.59 Å². The molecule has 18 heavy (non-hydrogen) atoms. The maximum atomic E-state index is 11.6. The minimum absolute atomic E-state index is 0.0461. The molecule has 98 valence electrons. The van der Waals surface area contributed by atoms with E-state index in [9.17, 15) is 9.59 Å². The van der Waals surface area contributed by atoms with Crippen LogP contribution in [0, 0.1) is 0 Å². The Morgan fingerprint density at radius 1 is 1.28 bits per heavy atom. The Morgan fingerprint density at radius 3 is 2.56 bits per heavy atom. The molecule has 1 aromatic rings. The zero-order chi connectivity index (χ0) is 13.4. The average Bonchev–Trinajstić information content (AvgIpc) is 2.37. The second kappa shape index (κ2) is 7.48. The van der Waals surface area contributed by atoms with Crippen molar-refractivity contribution < 1.29 is 14.3 Å². The number of carbonyl (C=O) groups excluding carboxylic acids is 2. The summed E-state index contributed by atoms with van der Waals surface area (Å²) in [5.41, 5.74) is 1.13. The number of aryl methyl sites for hydroxylation is 1. The summed E-state index contributed by atoms with van der Waals surface area (Å²) in [6, 6.07) is 9.64. The van der Waals surface area contributed by atoms with Gasteiger partial charge in [-0.25, -0.2) is 0 Å². The summed E-state index contributed by atoms with van der Waals surface area (Å²) in [5.74, 6) is -0.360. The van der Waals surface area contributed by atoms with Gasteiger partial charge in [-0.05, 0) is 18.9 Å². The van der Waals surface area contributed by atoms with E-state index in [1.54, 1.807) is 6.92 Å². The quantitative estimate of drug-likeness (QED) is 0.780. The third kappa shape index (κ3) is 5.48. The second-order valence-corrected chi connectivity index (χ2v) is 4.23. The zero-order valence-electron chi connectivity index (χ0n) is 10.8. The molecule has 0 radical (unpaired) electrons. The summed E-state index contributed by atoms with van der Waals surface area (Å²) in [5, 5.41) is 2.78. The number of rotatable bonds is 6. The van der Waals surface area contributed by atoms with Crippen LogP contribution in [0.25, 0.3) is 0 Å². The minimum Gasteiger partial charge on any atom is -0.469 e. The Hall–Kier alpha value is -1.84. The van der Waals surface area contributed by atoms with Crippen molar-refractivity contribution in [2.45, 2.75) is 32.2 Å². The summed E-state index contributed by atoms with van der Waals surface area (Å²) in [6.07, 6.45) is 1.33. The maximum absolute atomic E-state index is 11.6. The Bertz CT molecular complexity index is 389. The molecule has 0 bridgehead atoms. The Balaban J connectivity index is 2.27. The molecule has 0 heterocycles. The van der Waals surface area contributed by atoms with Gasteiger partial charge in [0.15, 0.2) is 0 Å². The van der Waals surface area contributed by atoms with E-state index in [4.69, 9.17) is 0 Å². The van der Waals surface area contributed by atoms with E-state index in [0.29, 0.717) is 12.8 Å². The first-order chi connectivity index (χ1) is 8.61. The standard InChI is InChI=1S/C14H19NO3/c1-11(10-14(17)18-2)15-13(16)9-8-12-6-4-3-5-7-12/h3-7,11H,8-10H2,1-2H3,(H,15,16). The first-order valence-electron chi connectivity index (χ1n) is 6.02. The predicted octanol–water partition coefficient (Wildman–Crippen LogP) is 1.69. The number of amides is 1. The number of esters is 1. The largest absolute Gasteiger partial charge is 0.469 e. The van der Waals surface area contributed by atoms with Crippen molar-refractivity contribution in [3.63, 3.8) is 0 Å². The molecule has 0 aromatic heterocycles. The lowest BCUT2D eigenvalue weighted by Crippen LogP contribution is -2.34. The summed E-state index contributed by atoms with van der Waals surface area (Å²) in [6.45, 7) is 1.79. The summed E-state index contributed by atoms with van der Waals surface area (Å²) in [7, 11) is 1.34. The van der Waals surface area contributed by atoms with Crippen molar-refractivity contribution in [2.24, 2.45) is 0 Å². The van der Waals surface area contributed by atoms with E-state index >= 15 is 0 Å². The molecule has 0 saturated carbocycles. The first kappa shape index (κ1) is 14.2. The molecule has 1 atom stereocenters. The van der Waals surface area contributed by atoms with Crippen molar-refractivity contribution in [2.75, 3.05) is 7.11 Å². The Kier molecular flexibility index (Phi) is 5.91. The number of ether oxygens (including phenoxy) is 1. The molecule has 4 nitrogen and oxygen atoms in total. The molecule has 0 aliphatic rings. The lowest BCUT2D eigenvalue weighted by Gasteiger charge is -2.12. The van der Waals surface area contributed by atoms with Crippen molar-refractivity contribution >= 4 is 11.9 Å². The van der Waals surface area contributed by atoms with Gasteiger partial charge >= 0.3 is 5.97 Å². The molecule has 0 fully saturated rings. The highest BCUT2D eigenvalue weighted by atomic mass is 16.5. The second-order valence-electron chi connectivity index (χ2n) is 4.23. The lowest BCUT2D eigenvalue weighted by molar-refractivity contribution is -0.141. The highest BCUT2D eigenvalue weighted by molar-refractivity contribution is 5.77. The fraction of sp³-hybridized carbons (Fsp3) is 0.429. The number of carbonyl (C=O) groups is 2. The molecular formula is C14H19NO3. The summed E-state index contributed by atoms with van der Waals surface area (Å²) in [4.78, 5) is 22.6. The molecule has 1 rings (SSSR count). The van der Waals surface area contributed by atoms with Crippen LogP contribution in [-0.4, -0.2) is 25.0 Å². The van der Waals surface area contributed by atoms with E-state index in [2.05, 4.69) is 10.1 Å². The van der Waals surface area contributed by atoms with Crippen LogP contribution < -0.4 is 5.32 Å². The Labute approximate surface area is 107 Å². The van der Waals surface area contributed by atoms with Crippen LogP contribution in [0.4, 0.5) is 0 Å². The fourth-order valence-electron chi connectivity index (χ4n) is 1.63. The monoisotopic (exact) mass is 249 g/mol. The van der Waals surface area contributed by atoms with Crippen LogP contribution in [0.3, 0.4) is 0 Å². The van der Waals surface area contributed by atoms with E-state index in [1.165, 1.54) is 7.11 Å². The highest BCUT2D eigenvalue weighted by Gasteiger charge is 2.11. The average molecular weight is 249 g/mol. The molecule has 0 saturated heterocycles. The van der Waals surface area contributed by atoms with Gasteiger partial charge in [0.1, 0.15) is 0 Å². The molecule has 0 aliphatic heterocycles. The smallest absolute Gasteiger partial charge is 0.307 e. The normalized spacial score (nSPS) is 11.7. The third-order valence-electron chi connectivity index (χ3n) is 2.59. The highest BCUT2D eigenvalue weighted by Crippen LogP contribution is 2.02. The number of hydrogen-bond acceptors (Lipinski definition) is 3. The van der Waals surface area contributed by atoms with Crippen LogP contribution in [0.2, 0.25) is 0 Å². The van der Waals surface area contributed by atoms with Crippen LogP contribution in [0.1, 0.15) is 25.3 Å². The van der Waals surface area contributed by atoms with Crippen LogP contribution in [0.5, 0.6) is 0 Å². The van der Waals surface area contributed by atoms with Gasteiger partial charge in [0.25, 0.3) is 0 Å². The Morgan fingerprint density at radius 2 is 1.94 bits per heavy atom. The first-order valence-corrected chi connectivity index (χ1v) is 6.02. The molecular weight excluding hydrogens is 230 g/mol. The number of nitrogens with one attached hydrogen (secondary N) is 1. The predicted molar refractivity (Wildman–Crippen MR) is 69.0 cm³/mol. The maximum Gasteiger partial charge on any atom is 0.307 e. The van der Waals surface area contributed by atoms with Crippen molar-refractivity contribution in [1.29, 1.82) is 0 Å². The molecule has 1 unspecified atom stereocenters. The zero-order valence-corrected chi connectivity index (χ0v) is 10.8. The lowest BCUT2D eigenvalue weighted by atomic mass is 10.1.